The summed E-state index contributed by atoms with van der Waals surface area (Å²) >= 11 is 1.62. The van der Waals surface area contributed by atoms with E-state index in [1.807, 2.05) is 24.3 Å². The van der Waals surface area contributed by atoms with Gasteiger partial charge in [-0.2, -0.15) is 0 Å². The van der Waals surface area contributed by atoms with Crippen molar-refractivity contribution < 1.29 is 19.5 Å². The quantitative estimate of drug-likeness (QED) is 0.521. The molecule has 11 heteroatoms. The van der Waals surface area contributed by atoms with Crippen molar-refractivity contribution in [2.75, 3.05) is 20.2 Å². The van der Waals surface area contributed by atoms with Crippen LogP contribution in [-0.2, 0) is 21.1 Å². The summed E-state index contributed by atoms with van der Waals surface area (Å²) in [5.74, 6) is -1.51. The Bertz CT molecular complexity index is 1080. The molecule has 2 unspecified atom stereocenters. The predicted molar refractivity (Wildman–Crippen MR) is 117 cm³/mol. The number of benzene rings is 1. The van der Waals surface area contributed by atoms with Gasteiger partial charge in [0.1, 0.15) is 18.2 Å². The van der Waals surface area contributed by atoms with Crippen LogP contribution in [0.3, 0.4) is 0 Å². The van der Waals surface area contributed by atoms with Gasteiger partial charge in [0.15, 0.2) is 0 Å². The van der Waals surface area contributed by atoms with Crippen molar-refractivity contribution in [1.82, 2.24) is 30.5 Å². The largest absolute Gasteiger partial charge is 0.396 e. The Morgan fingerprint density at radius 1 is 1.31 bits per heavy atom. The maximum Gasteiger partial charge on any atom is 0.245 e. The fourth-order valence-electron chi connectivity index (χ4n) is 5.69. The van der Waals surface area contributed by atoms with Gasteiger partial charge in [0, 0.05) is 25.4 Å². The molecular formula is C21H26N6O4S. The second-order valence-corrected chi connectivity index (χ2v) is 10.2. The standard InChI is InChI=1S/C21H26N6O4S/c1-22-18(29)15-14-7-8-21(32-14)16(15)20(31)26(9-4-10-28)17(21)19(30)23-11-27-13-6-3-2-5-12(13)24-25-27/h2-3,5-6,14-17,28H,4,7-11H2,1H3,(H,22,29)(H,23,30)/t14-,15+,16-,17?,21?/m0/s1. The molecule has 3 fully saturated rings. The average molecular weight is 459 g/mol. The van der Waals surface area contributed by atoms with Gasteiger partial charge in [-0.15, -0.1) is 16.9 Å². The first-order valence-corrected chi connectivity index (χ1v) is 11.8. The van der Waals surface area contributed by atoms with Crippen LogP contribution in [0, 0.1) is 11.8 Å². The number of amides is 3. The molecule has 5 atom stereocenters. The molecule has 0 saturated carbocycles. The number of hydrogen-bond donors (Lipinski definition) is 3. The lowest BCUT2D eigenvalue weighted by atomic mass is 9.71. The van der Waals surface area contributed by atoms with Crippen molar-refractivity contribution in [3.8, 4) is 0 Å². The minimum atomic E-state index is -0.689. The monoisotopic (exact) mass is 458 g/mol. The van der Waals surface area contributed by atoms with E-state index in [9.17, 15) is 19.5 Å². The summed E-state index contributed by atoms with van der Waals surface area (Å²) in [5, 5.41) is 23.3. The number of carbonyl (C=O) groups is 3. The van der Waals surface area contributed by atoms with Crippen LogP contribution in [0.15, 0.2) is 24.3 Å². The van der Waals surface area contributed by atoms with Crippen LogP contribution >= 0.6 is 11.8 Å². The molecule has 10 nitrogen and oxygen atoms in total. The van der Waals surface area contributed by atoms with Crippen LogP contribution in [0.1, 0.15) is 19.3 Å². The van der Waals surface area contributed by atoms with E-state index in [-0.39, 0.29) is 42.8 Å². The van der Waals surface area contributed by atoms with Crippen molar-refractivity contribution in [3.05, 3.63) is 24.3 Å². The van der Waals surface area contributed by atoms with Gasteiger partial charge in [-0.3, -0.25) is 14.4 Å². The lowest BCUT2D eigenvalue weighted by molar-refractivity contribution is -0.140. The molecule has 0 radical (unpaired) electrons. The van der Waals surface area contributed by atoms with Gasteiger partial charge in [0.05, 0.1) is 22.1 Å². The van der Waals surface area contributed by atoms with Crippen molar-refractivity contribution in [1.29, 1.82) is 0 Å². The van der Waals surface area contributed by atoms with Gasteiger partial charge in [-0.25, -0.2) is 4.68 Å². The molecule has 5 rings (SSSR count). The zero-order valence-corrected chi connectivity index (χ0v) is 18.5. The number of nitrogens with zero attached hydrogens (tertiary/aromatic N) is 4. The normalized spacial score (nSPS) is 30.7. The molecule has 3 amide bonds. The fraction of sp³-hybridized carbons (Fsp3) is 0.571. The first kappa shape index (κ1) is 21.2. The van der Waals surface area contributed by atoms with Gasteiger partial charge in [-0.1, -0.05) is 17.3 Å². The SMILES string of the molecule is CNC(=O)[C@@H]1[C@@H]2CCC3(S2)C(C(=O)NCn2nnc4ccccc42)N(CCCO)C(=O)[C@H]13. The maximum absolute atomic E-state index is 13.5. The smallest absolute Gasteiger partial charge is 0.245 e. The van der Waals surface area contributed by atoms with Crippen LogP contribution < -0.4 is 10.6 Å². The minimum absolute atomic E-state index is 0.0402. The predicted octanol–water partition coefficient (Wildman–Crippen LogP) is -0.275. The molecule has 1 spiro atoms. The zero-order valence-electron chi connectivity index (χ0n) is 17.7. The minimum Gasteiger partial charge on any atom is -0.396 e. The summed E-state index contributed by atoms with van der Waals surface area (Å²) in [6.07, 6.45) is 1.90. The van der Waals surface area contributed by atoms with Gasteiger partial charge in [-0.05, 0) is 31.4 Å². The number of aliphatic hydroxyl groups excluding tert-OH is 1. The molecule has 3 aliphatic heterocycles. The Labute approximate surface area is 189 Å². The first-order chi connectivity index (χ1) is 15.5. The van der Waals surface area contributed by atoms with Crippen LogP contribution in [0.2, 0.25) is 0 Å². The molecule has 2 aromatic rings. The molecule has 1 aromatic heterocycles. The molecule has 170 valence electrons. The topological polar surface area (TPSA) is 129 Å². The van der Waals surface area contributed by atoms with Crippen molar-refractivity contribution in [3.63, 3.8) is 0 Å². The van der Waals surface area contributed by atoms with Crippen LogP contribution in [0.25, 0.3) is 11.0 Å². The number of aliphatic hydroxyl groups is 1. The van der Waals surface area contributed by atoms with E-state index in [1.165, 1.54) is 0 Å². The molecule has 3 aliphatic rings. The van der Waals surface area contributed by atoms with Crippen molar-refractivity contribution in [2.24, 2.45) is 11.8 Å². The highest BCUT2D eigenvalue weighted by atomic mass is 32.2. The summed E-state index contributed by atoms with van der Waals surface area (Å²) in [6.45, 7) is 0.338. The Balaban J connectivity index is 1.43. The van der Waals surface area contributed by atoms with Gasteiger partial charge in [0.2, 0.25) is 17.7 Å². The Kier molecular flexibility index (Phi) is 5.32. The summed E-state index contributed by atoms with van der Waals surface area (Å²) in [4.78, 5) is 41.2. The number of hydrogen-bond acceptors (Lipinski definition) is 7. The van der Waals surface area contributed by atoms with Gasteiger partial charge in [0.25, 0.3) is 0 Å². The molecule has 4 heterocycles. The Morgan fingerprint density at radius 3 is 2.91 bits per heavy atom. The lowest BCUT2D eigenvalue weighted by Gasteiger charge is -2.34. The van der Waals surface area contributed by atoms with Crippen molar-refractivity contribution >= 4 is 40.5 Å². The van der Waals surface area contributed by atoms with Gasteiger partial charge < -0.3 is 20.6 Å². The van der Waals surface area contributed by atoms with Crippen LogP contribution in [0.4, 0.5) is 0 Å². The third kappa shape index (κ3) is 3.01. The number of carbonyl (C=O) groups excluding carboxylic acids is 3. The second kappa shape index (κ2) is 8.04. The number of likely N-dealkylation sites (tertiary alicyclic amines) is 1. The number of para-hydroxylation sites is 1. The number of aromatic nitrogens is 3. The highest BCUT2D eigenvalue weighted by molar-refractivity contribution is 8.02. The second-order valence-electron chi connectivity index (χ2n) is 8.56. The summed E-state index contributed by atoms with van der Waals surface area (Å²) in [5.41, 5.74) is 1.54. The van der Waals surface area contributed by atoms with Gasteiger partial charge >= 0.3 is 0 Å². The zero-order chi connectivity index (χ0) is 22.5. The lowest BCUT2D eigenvalue weighted by Crippen LogP contribution is -2.54. The Morgan fingerprint density at radius 2 is 2.12 bits per heavy atom. The molecule has 3 saturated heterocycles. The average Bonchev–Trinajstić information content (AvgIpc) is 3.55. The molecule has 1 aromatic carbocycles. The van der Waals surface area contributed by atoms with E-state index in [0.717, 1.165) is 17.5 Å². The number of fused-ring (bicyclic) bond motifs is 2. The Hall–Kier alpha value is -2.66. The number of thioether (sulfide) groups is 1. The van der Waals surface area contributed by atoms with E-state index in [2.05, 4.69) is 20.9 Å². The highest BCUT2D eigenvalue weighted by Gasteiger charge is 2.73. The molecule has 0 aliphatic carbocycles. The summed E-state index contributed by atoms with van der Waals surface area (Å²) in [7, 11) is 1.58. The highest BCUT2D eigenvalue weighted by Crippen LogP contribution is 2.66. The molecule has 2 bridgehead atoms. The van der Waals surface area contributed by atoms with E-state index < -0.39 is 22.6 Å². The third-order valence-electron chi connectivity index (χ3n) is 6.98. The van der Waals surface area contributed by atoms with Crippen molar-refractivity contribution in [2.45, 2.75) is 42.0 Å². The van der Waals surface area contributed by atoms with E-state index in [4.69, 9.17) is 0 Å². The van der Waals surface area contributed by atoms with E-state index in [0.29, 0.717) is 12.8 Å². The number of nitrogens with one attached hydrogen (secondary N) is 2. The van der Waals surface area contributed by atoms with E-state index in [1.54, 1.807) is 28.4 Å². The molecule has 3 N–H and O–H groups in total. The maximum atomic E-state index is 13.5. The molecule has 32 heavy (non-hydrogen) atoms. The van der Waals surface area contributed by atoms with Crippen LogP contribution in [0.5, 0.6) is 0 Å². The van der Waals surface area contributed by atoms with E-state index >= 15 is 0 Å². The number of rotatable bonds is 7. The summed E-state index contributed by atoms with van der Waals surface area (Å²) < 4.78 is 0.993. The third-order valence-corrected chi connectivity index (χ3v) is 8.93. The summed E-state index contributed by atoms with van der Waals surface area (Å²) in [6, 6.07) is 6.80. The fourth-order valence-corrected chi connectivity index (χ4v) is 7.91. The molecular weight excluding hydrogens is 432 g/mol. The first-order valence-electron chi connectivity index (χ1n) is 10.9. The van der Waals surface area contributed by atoms with Crippen LogP contribution in [-0.4, -0.2) is 79.0 Å².